The van der Waals surface area contributed by atoms with Gasteiger partial charge < -0.3 is 5.32 Å². The highest BCUT2D eigenvalue weighted by molar-refractivity contribution is 14.1. The first-order valence-electron chi connectivity index (χ1n) is 7.97. The highest BCUT2D eigenvalue weighted by Gasteiger charge is 2.10. The van der Waals surface area contributed by atoms with E-state index in [1.54, 1.807) is 18.3 Å². The van der Waals surface area contributed by atoms with Crippen molar-refractivity contribution in [2.24, 2.45) is 5.10 Å². The normalized spacial score (nSPS) is 10.8. The number of hydrazone groups is 1. The fraction of sp³-hybridized carbons (Fsp3) is 0.0500. The van der Waals surface area contributed by atoms with Crippen LogP contribution in [-0.2, 0) is 4.79 Å². The first-order valence-corrected chi connectivity index (χ1v) is 9.05. The van der Waals surface area contributed by atoms with E-state index in [1.807, 2.05) is 54.6 Å². The molecular weight excluding hydrogens is 441 g/mol. The van der Waals surface area contributed by atoms with Crippen molar-refractivity contribution >= 4 is 51.4 Å². The number of nitrogens with zero attached hydrogens (tertiary/aromatic N) is 1. The Morgan fingerprint density at radius 2 is 1.69 bits per heavy atom. The molecule has 3 rings (SSSR count). The third-order valence-electron chi connectivity index (χ3n) is 3.74. The first kappa shape index (κ1) is 18.1. The molecule has 0 aliphatic carbocycles. The molecule has 26 heavy (non-hydrogen) atoms. The predicted octanol–water partition coefficient (Wildman–Crippen LogP) is 3.32. The summed E-state index contributed by atoms with van der Waals surface area (Å²) in [5, 5.41) is 8.73. The Hall–Kier alpha value is -2.74. The van der Waals surface area contributed by atoms with Gasteiger partial charge in [-0.25, -0.2) is 5.43 Å². The fourth-order valence-corrected chi connectivity index (χ4v) is 3.11. The van der Waals surface area contributed by atoms with Crippen LogP contribution >= 0.6 is 22.6 Å². The van der Waals surface area contributed by atoms with Crippen molar-refractivity contribution < 1.29 is 9.59 Å². The van der Waals surface area contributed by atoms with E-state index in [9.17, 15) is 9.59 Å². The Morgan fingerprint density at radius 1 is 0.962 bits per heavy atom. The maximum atomic E-state index is 12.1. The van der Waals surface area contributed by atoms with E-state index in [2.05, 4.69) is 38.4 Å². The van der Waals surface area contributed by atoms with Gasteiger partial charge in [-0.3, -0.25) is 9.59 Å². The molecule has 130 valence electrons. The largest absolute Gasteiger partial charge is 0.343 e. The summed E-state index contributed by atoms with van der Waals surface area (Å²) in [5.41, 5.74) is 3.88. The van der Waals surface area contributed by atoms with Gasteiger partial charge in [0, 0.05) is 9.13 Å². The number of nitrogens with one attached hydrogen (secondary N) is 2. The lowest BCUT2D eigenvalue weighted by Crippen LogP contribution is -2.35. The zero-order valence-corrected chi connectivity index (χ0v) is 15.9. The van der Waals surface area contributed by atoms with Crippen LogP contribution in [0.4, 0.5) is 0 Å². The van der Waals surface area contributed by atoms with Crippen LogP contribution in [0.2, 0.25) is 0 Å². The van der Waals surface area contributed by atoms with E-state index in [0.29, 0.717) is 5.56 Å². The highest BCUT2D eigenvalue weighted by Crippen LogP contribution is 2.16. The molecule has 0 aliphatic heterocycles. The monoisotopic (exact) mass is 457 g/mol. The molecule has 0 aliphatic rings. The van der Waals surface area contributed by atoms with Crippen LogP contribution in [0.15, 0.2) is 71.8 Å². The van der Waals surface area contributed by atoms with Crippen LogP contribution in [0.1, 0.15) is 15.9 Å². The van der Waals surface area contributed by atoms with Crippen LogP contribution in [0.3, 0.4) is 0 Å². The second-order valence-corrected chi connectivity index (χ2v) is 6.69. The second kappa shape index (κ2) is 8.57. The Morgan fingerprint density at radius 3 is 2.54 bits per heavy atom. The number of rotatable bonds is 5. The Bertz CT molecular complexity index is 980. The molecule has 2 amide bonds. The molecule has 0 bridgehead atoms. The molecular formula is C20H16IN3O2. The number of carbonyl (C=O) groups excluding carboxylic acids is 2. The summed E-state index contributed by atoms with van der Waals surface area (Å²) >= 11 is 2.08. The molecule has 6 heteroatoms. The number of hydrogen-bond donors (Lipinski definition) is 2. The van der Waals surface area contributed by atoms with Crippen LogP contribution in [0.5, 0.6) is 0 Å². The molecule has 3 aromatic rings. The van der Waals surface area contributed by atoms with Gasteiger partial charge in [-0.1, -0.05) is 54.6 Å². The summed E-state index contributed by atoms with van der Waals surface area (Å²) in [6.07, 6.45) is 1.60. The molecule has 0 aromatic heterocycles. The number of carbonyl (C=O) groups is 2. The third-order valence-corrected chi connectivity index (χ3v) is 4.68. The van der Waals surface area contributed by atoms with Gasteiger partial charge in [0.25, 0.3) is 11.8 Å². The molecule has 0 radical (unpaired) electrons. The lowest BCUT2D eigenvalue weighted by Gasteiger charge is -2.06. The summed E-state index contributed by atoms with van der Waals surface area (Å²) < 4.78 is 0.831. The summed E-state index contributed by atoms with van der Waals surface area (Å²) in [6, 6.07) is 21.0. The lowest BCUT2D eigenvalue weighted by molar-refractivity contribution is -0.120. The minimum atomic E-state index is -0.388. The van der Waals surface area contributed by atoms with Crippen molar-refractivity contribution in [3.63, 3.8) is 0 Å². The quantitative estimate of drug-likeness (QED) is 0.351. The van der Waals surface area contributed by atoms with Crippen molar-refractivity contribution in [3.8, 4) is 0 Å². The van der Waals surface area contributed by atoms with E-state index in [-0.39, 0.29) is 18.4 Å². The number of benzene rings is 3. The third kappa shape index (κ3) is 4.45. The van der Waals surface area contributed by atoms with E-state index < -0.39 is 0 Å². The molecule has 0 unspecified atom stereocenters. The topological polar surface area (TPSA) is 70.6 Å². The van der Waals surface area contributed by atoms with Crippen molar-refractivity contribution in [1.29, 1.82) is 0 Å². The SMILES string of the molecule is O=C(CNC(=O)c1ccccc1I)N/N=C/c1cccc2ccccc12. The van der Waals surface area contributed by atoms with Crippen LogP contribution < -0.4 is 10.7 Å². The number of halogens is 1. The van der Waals surface area contributed by atoms with Gasteiger partial charge in [0.1, 0.15) is 0 Å². The predicted molar refractivity (Wildman–Crippen MR) is 111 cm³/mol. The van der Waals surface area contributed by atoms with Gasteiger partial charge in [0.2, 0.25) is 0 Å². The molecule has 0 atom stereocenters. The van der Waals surface area contributed by atoms with E-state index in [0.717, 1.165) is 19.9 Å². The molecule has 0 saturated carbocycles. The van der Waals surface area contributed by atoms with Crippen LogP contribution in [-0.4, -0.2) is 24.6 Å². The summed E-state index contributed by atoms with van der Waals surface area (Å²) in [4.78, 5) is 24.0. The maximum absolute atomic E-state index is 12.1. The van der Waals surface area contributed by atoms with Gasteiger partial charge in [-0.15, -0.1) is 0 Å². The minimum absolute atomic E-state index is 0.142. The standard InChI is InChI=1S/C20H16IN3O2/c21-18-11-4-3-10-17(18)20(26)22-13-19(25)24-23-12-15-8-5-7-14-6-1-2-9-16(14)15/h1-12H,13H2,(H,22,26)(H,24,25)/b23-12+. The van der Waals surface area contributed by atoms with Gasteiger partial charge in [0.05, 0.1) is 18.3 Å². The second-order valence-electron chi connectivity index (χ2n) is 5.52. The number of fused-ring (bicyclic) bond motifs is 1. The average molecular weight is 457 g/mol. The van der Waals surface area contributed by atoms with Crippen LogP contribution in [0, 0.1) is 3.57 Å². The zero-order valence-electron chi connectivity index (χ0n) is 13.8. The molecule has 0 fully saturated rings. The smallest absolute Gasteiger partial charge is 0.259 e. The molecule has 0 saturated heterocycles. The summed E-state index contributed by atoms with van der Waals surface area (Å²) in [6.45, 7) is -0.142. The summed E-state index contributed by atoms with van der Waals surface area (Å²) in [5.74, 6) is -0.677. The molecule has 3 aromatic carbocycles. The van der Waals surface area contributed by atoms with Gasteiger partial charge >= 0.3 is 0 Å². The lowest BCUT2D eigenvalue weighted by atomic mass is 10.1. The van der Waals surface area contributed by atoms with Crippen molar-refractivity contribution in [3.05, 3.63) is 81.4 Å². The average Bonchev–Trinajstić information content (AvgIpc) is 2.66. The molecule has 2 N–H and O–H groups in total. The van der Waals surface area contributed by atoms with Crippen molar-refractivity contribution in [2.45, 2.75) is 0 Å². The van der Waals surface area contributed by atoms with Gasteiger partial charge in [-0.05, 0) is 45.5 Å². The Kier molecular flexibility index (Phi) is 5.96. The molecule has 0 spiro atoms. The fourth-order valence-electron chi connectivity index (χ4n) is 2.48. The molecule has 5 nitrogen and oxygen atoms in total. The van der Waals surface area contributed by atoms with E-state index >= 15 is 0 Å². The number of hydrogen-bond acceptors (Lipinski definition) is 3. The van der Waals surface area contributed by atoms with Crippen LogP contribution in [0.25, 0.3) is 10.8 Å². The highest BCUT2D eigenvalue weighted by atomic mass is 127. The zero-order chi connectivity index (χ0) is 18.4. The Labute approximate surface area is 164 Å². The minimum Gasteiger partial charge on any atom is -0.343 e. The van der Waals surface area contributed by atoms with Gasteiger partial charge in [-0.2, -0.15) is 5.10 Å². The molecule has 0 heterocycles. The van der Waals surface area contributed by atoms with Gasteiger partial charge in [0.15, 0.2) is 0 Å². The maximum Gasteiger partial charge on any atom is 0.259 e. The number of amides is 2. The van der Waals surface area contributed by atoms with Crippen molar-refractivity contribution in [2.75, 3.05) is 6.54 Å². The first-order chi connectivity index (χ1) is 12.6. The summed E-state index contributed by atoms with van der Waals surface area (Å²) in [7, 11) is 0. The van der Waals surface area contributed by atoms with E-state index in [1.165, 1.54) is 0 Å². The van der Waals surface area contributed by atoms with E-state index in [4.69, 9.17) is 0 Å². The Balaban J connectivity index is 1.56. The van der Waals surface area contributed by atoms with Crippen molar-refractivity contribution in [1.82, 2.24) is 10.7 Å².